The van der Waals surface area contributed by atoms with Gasteiger partial charge in [0, 0.05) is 13.0 Å². The molecule has 0 unspecified atom stereocenters. The molecule has 0 spiro atoms. The number of nitrogens with one attached hydrogen (secondary N) is 3. The first-order chi connectivity index (χ1) is 9.29. The van der Waals surface area contributed by atoms with E-state index in [2.05, 4.69) is 10.7 Å². The Hall–Kier alpha value is -2.02. The first-order valence-electron chi connectivity index (χ1n) is 5.79. The number of urea groups is 1. The zero-order chi connectivity index (χ0) is 15.3. The van der Waals surface area contributed by atoms with Crippen molar-refractivity contribution in [3.05, 3.63) is 23.0 Å². The Morgan fingerprint density at radius 1 is 1.30 bits per heavy atom. The van der Waals surface area contributed by atoms with E-state index in [9.17, 15) is 14.0 Å². The number of hydrogen-bond acceptors (Lipinski definition) is 3. The number of carbonyl (C=O) groups is 2. The summed E-state index contributed by atoms with van der Waals surface area (Å²) in [6, 6.07) is 1.51. The third-order valence-electron chi connectivity index (χ3n) is 1.98. The summed E-state index contributed by atoms with van der Waals surface area (Å²) in [7, 11) is 0. The van der Waals surface area contributed by atoms with Crippen LogP contribution in [0.3, 0.4) is 0 Å². The summed E-state index contributed by atoms with van der Waals surface area (Å²) in [5.74, 6) is -0.928. The molecule has 1 rings (SSSR count). The fraction of sp³-hybridized carbons (Fsp3) is 0.333. The van der Waals surface area contributed by atoms with E-state index in [0.717, 1.165) is 6.07 Å². The molecule has 0 saturated carbocycles. The van der Waals surface area contributed by atoms with Gasteiger partial charge in [0.2, 0.25) is 5.91 Å². The average molecular weight is 304 g/mol. The van der Waals surface area contributed by atoms with Crippen LogP contribution >= 0.6 is 11.6 Å². The van der Waals surface area contributed by atoms with E-state index in [1.807, 2.05) is 5.43 Å². The van der Waals surface area contributed by atoms with Gasteiger partial charge in [0.1, 0.15) is 11.6 Å². The van der Waals surface area contributed by atoms with Crippen LogP contribution in [0.4, 0.5) is 14.9 Å². The lowest BCUT2D eigenvalue weighted by molar-refractivity contribution is -0.119. The minimum atomic E-state index is -0.795. The van der Waals surface area contributed by atoms with E-state index in [1.54, 1.807) is 13.8 Å². The number of anilines is 1. The average Bonchev–Trinajstić information content (AvgIpc) is 2.32. The third-order valence-corrected chi connectivity index (χ3v) is 2.28. The summed E-state index contributed by atoms with van der Waals surface area (Å²) in [6.07, 6.45) is -0.154. The highest BCUT2D eigenvalue weighted by atomic mass is 35.5. The molecule has 6 nitrogen and oxygen atoms in total. The second-order valence-corrected chi connectivity index (χ2v) is 4.60. The number of ether oxygens (including phenoxy) is 1. The normalized spacial score (nSPS) is 10.1. The lowest BCUT2D eigenvalue weighted by atomic mass is 10.2. The second kappa shape index (κ2) is 6.95. The highest BCUT2D eigenvalue weighted by Gasteiger charge is 2.13. The van der Waals surface area contributed by atoms with Gasteiger partial charge in [0.25, 0.3) is 0 Å². The van der Waals surface area contributed by atoms with Crippen LogP contribution < -0.4 is 20.9 Å². The van der Waals surface area contributed by atoms with Gasteiger partial charge < -0.3 is 10.1 Å². The Balaban J connectivity index is 2.83. The van der Waals surface area contributed by atoms with Crippen LogP contribution in [0, 0.1) is 5.82 Å². The number of hydrogen-bond donors (Lipinski definition) is 3. The Labute approximate surface area is 120 Å². The highest BCUT2D eigenvalue weighted by molar-refractivity contribution is 6.32. The Morgan fingerprint density at radius 2 is 1.95 bits per heavy atom. The summed E-state index contributed by atoms with van der Waals surface area (Å²) >= 11 is 5.83. The topological polar surface area (TPSA) is 79.5 Å². The molecule has 0 fully saturated rings. The molecule has 0 atom stereocenters. The van der Waals surface area contributed by atoms with Crippen LogP contribution in [-0.2, 0) is 4.79 Å². The second-order valence-electron chi connectivity index (χ2n) is 4.19. The van der Waals surface area contributed by atoms with Crippen LogP contribution in [0.1, 0.15) is 20.8 Å². The van der Waals surface area contributed by atoms with E-state index in [0.29, 0.717) is 0 Å². The summed E-state index contributed by atoms with van der Waals surface area (Å²) in [5.41, 5.74) is 3.99. The van der Waals surface area contributed by atoms with Gasteiger partial charge in [0.15, 0.2) is 0 Å². The maximum atomic E-state index is 13.7. The van der Waals surface area contributed by atoms with Crippen molar-refractivity contribution >= 4 is 29.2 Å². The fourth-order valence-corrected chi connectivity index (χ4v) is 1.46. The molecule has 0 aliphatic carbocycles. The number of amides is 3. The van der Waals surface area contributed by atoms with Crippen LogP contribution in [-0.4, -0.2) is 18.0 Å². The molecular formula is C12H15ClFN3O3. The predicted molar refractivity (Wildman–Crippen MR) is 73.1 cm³/mol. The molecule has 3 N–H and O–H groups in total. The minimum absolute atomic E-state index is 0.101. The predicted octanol–water partition coefficient (Wildman–Crippen LogP) is 2.44. The molecule has 0 aliphatic rings. The number of halogens is 2. The number of benzene rings is 1. The van der Waals surface area contributed by atoms with Gasteiger partial charge in [-0.15, -0.1) is 0 Å². The van der Waals surface area contributed by atoms with Crippen molar-refractivity contribution in [2.24, 2.45) is 0 Å². The minimum Gasteiger partial charge on any atom is -0.489 e. The summed E-state index contributed by atoms with van der Waals surface area (Å²) in [5, 5.41) is 2.33. The van der Waals surface area contributed by atoms with E-state index >= 15 is 0 Å². The zero-order valence-corrected chi connectivity index (χ0v) is 12.0. The number of rotatable bonds is 3. The fourth-order valence-electron chi connectivity index (χ4n) is 1.27. The van der Waals surface area contributed by atoms with Crippen LogP contribution in [0.2, 0.25) is 5.02 Å². The molecule has 0 aliphatic heterocycles. The van der Waals surface area contributed by atoms with Gasteiger partial charge in [-0.25, -0.2) is 14.6 Å². The van der Waals surface area contributed by atoms with Crippen molar-refractivity contribution in [2.45, 2.75) is 26.9 Å². The van der Waals surface area contributed by atoms with E-state index in [-0.39, 0.29) is 22.6 Å². The van der Waals surface area contributed by atoms with Crippen molar-refractivity contribution in [1.82, 2.24) is 10.9 Å². The molecule has 0 radical (unpaired) electrons. The van der Waals surface area contributed by atoms with Crippen LogP contribution in [0.5, 0.6) is 5.75 Å². The van der Waals surface area contributed by atoms with Gasteiger partial charge in [-0.05, 0) is 19.9 Å². The maximum absolute atomic E-state index is 13.7. The van der Waals surface area contributed by atoms with Gasteiger partial charge in [0.05, 0.1) is 16.8 Å². The van der Waals surface area contributed by atoms with Crippen molar-refractivity contribution in [3.63, 3.8) is 0 Å². The smallest absolute Gasteiger partial charge is 0.338 e. The molecule has 20 heavy (non-hydrogen) atoms. The van der Waals surface area contributed by atoms with Crippen molar-refractivity contribution < 1.29 is 18.7 Å². The van der Waals surface area contributed by atoms with Crippen molar-refractivity contribution in [3.8, 4) is 5.75 Å². The standard InChI is InChI=1S/C12H15ClFN3O3/c1-6(2)20-11-5-10(9(14)4-8(11)13)15-12(19)17-16-7(3)18/h4-6H,1-3H3,(H,16,18)(H2,15,17,19). The van der Waals surface area contributed by atoms with Gasteiger partial charge in [-0.1, -0.05) is 11.6 Å². The Bertz CT molecular complexity index is 523. The summed E-state index contributed by atoms with van der Waals surface area (Å²) < 4.78 is 19.0. The first-order valence-corrected chi connectivity index (χ1v) is 6.16. The third kappa shape index (κ3) is 4.93. The van der Waals surface area contributed by atoms with E-state index in [1.165, 1.54) is 13.0 Å². The van der Waals surface area contributed by atoms with Crippen molar-refractivity contribution in [2.75, 3.05) is 5.32 Å². The molecule has 1 aromatic carbocycles. The molecule has 110 valence electrons. The molecular weight excluding hydrogens is 289 g/mol. The summed E-state index contributed by atoms with van der Waals surface area (Å²) in [4.78, 5) is 22.0. The lowest BCUT2D eigenvalue weighted by Crippen LogP contribution is -2.42. The molecule has 0 heterocycles. The monoisotopic (exact) mass is 303 g/mol. The zero-order valence-electron chi connectivity index (χ0n) is 11.2. The Kier molecular flexibility index (Phi) is 5.57. The van der Waals surface area contributed by atoms with Gasteiger partial charge in [-0.3, -0.25) is 10.2 Å². The van der Waals surface area contributed by atoms with Crippen molar-refractivity contribution in [1.29, 1.82) is 0 Å². The quantitative estimate of drug-likeness (QED) is 0.750. The largest absolute Gasteiger partial charge is 0.489 e. The molecule has 0 bridgehead atoms. The molecule has 8 heteroatoms. The highest BCUT2D eigenvalue weighted by Crippen LogP contribution is 2.31. The maximum Gasteiger partial charge on any atom is 0.338 e. The van der Waals surface area contributed by atoms with Gasteiger partial charge in [-0.2, -0.15) is 0 Å². The Morgan fingerprint density at radius 3 is 2.50 bits per heavy atom. The number of hydrazine groups is 1. The number of carbonyl (C=O) groups excluding carboxylic acids is 2. The van der Waals surface area contributed by atoms with E-state index in [4.69, 9.17) is 16.3 Å². The van der Waals surface area contributed by atoms with E-state index < -0.39 is 17.8 Å². The molecule has 1 aromatic rings. The first kappa shape index (κ1) is 16.0. The van der Waals surface area contributed by atoms with Crippen LogP contribution in [0.15, 0.2) is 12.1 Å². The molecule has 0 aromatic heterocycles. The SMILES string of the molecule is CC(=O)NNC(=O)Nc1cc(OC(C)C)c(Cl)cc1F. The molecule has 0 saturated heterocycles. The van der Waals surface area contributed by atoms with Crippen LogP contribution in [0.25, 0.3) is 0 Å². The molecule has 3 amide bonds. The summed E-state index contributed by atoms with van der Waals surface area (Å²) in [6.45, 7) is 4.80. The van der Waals surface area contributed by atoms with Gasteiger partial charge >= 0.3 is 6.03 Å². The lowest BCUT2D eigenvalue weighted by Gasteiger charge is -2.14.